The highest BCUT2D eigenvalue weighted by molar-refractivity contribution is 8.00. The second-order valence-electron chi connectivity index (χ2n) is 4.98. The second-order valence-corrected chi connectivity index (χ2v) is 6.96. The van der Waals surface area contributed by atoms with Gasteiger partial charge in [-0.2, -0.15) is 11.8 Å². The normalized spacial score (nSPS) is 25.0. The van der Waals surface area contributed by atoms with Gasteiger partial charge in [-0.15, -0.1) is 11.6 Å². The molecule has 0 saturated heterocycles. The van der Waals surface area contributed by atoms with Crippen LogP contribution in [0.15, 0.2) is 12.1 Å². The van der Waals surface area contributed by atoms with E-state index in [9.17, 15) is 0 Å². The average Bonchev–Trinajstić information content (AvgIpc) is 2.82. The van der Waals surface area contributed by atoms with Gasteiger partial charge in [0.05, 0.1) is 0 Å². The molecule has 0 bridgehead atoms. The molecule has 2 aliphatic rings. The molecule has 2 nitrogen and oxygen atoms in total. The summed E-state index contributed by atoms with van der Waals surface area (Å²) in [5.74, 6) is 3.70. The zero-order chi connectivity index (χ0) is 12.6. The lowest BCUT2D eigenvalue weighted by Gasteiger charge is -2.35. The fourth-order valence-electron chi connectivity index (χ4n) is 2.76. The summed E-state index contributed by atoms with van der Waals surface area (Å²) in [5, 5.41) is 0. The van der Waals surface area contributed by atoms with Crippen molar-refractivity contribution in [1.82, 2.24) is 0 Å². The Bertz CT molecular complexity index is 463. The zero-order valence-electron chi connectivity index (χ0n) is 10.5. The number of alkyl halides is 1. The summed E-state index contributed by atoms with van der Waals surface area (Å²) < 4.78 is 11.1. The number of hydrogen-bond acceptors (Lipinski definition) is 3. The third-order valence-corrected chi connectivity index (χ3v) is 5.48. The van der Waals surface area contributed by atoms with Gasteiger partial charge in [0, 0.05) is 10.6 Å². The molecule has 2 aliphatic heterocycles. The van der Waals surface area contributed by atoms with E-state index in [0.717, 1.165) is 36.6 Å². The zero-order valence-corrected chi connectivity index (χ0v) is 12.1. The Kier molecular flexibility index (Phi) is 3.37. The maximum absolute atomic E-state index is 5.85. The largest absolute Gasteiger partial charge is 0.454 e. The second kappa shape index (κ2) is 4.86. The molecule has 0 aromatic heterocycles. The summed E-state index contributed by atoms with van der Waals surface area (Å²) in [6.45, 7) is 2.67. The summed E-state index contributed by atoms with van der Waals surface area (Å²) in [4.78, 5) is 0. The van der Waals surface area contributed by atoms with E-state index in [1.54, 1.807) is 0 Å². The molecular formula is C14H17ClO2S. The van der Waals surface area contributed by atoms with E-state index in [1.807, 2.05) is 11.8 Å². The van der Waals surface area contributed by atoms with Gasteiger partial charge in [-0.3, -0.25) is 0 Å². The lowest BCUT2D eigenvalue weighted by atomic mass is 9.89. The first kappa shape index (κ1) is 12.5. The van der Waals surface area contributed by atoms with Crippen LogP contribution in [0, 0.1) is 0 Å². The molecule has 0 fully saturated rings. The number of thioether (sulfide) groups is 1. The summed E-state index contributed by atoms with van der Waals surface area (Å²) >= 11 is 7.89. The molecule has 2 heterocycles. The van der Waals surface area contributed by atoms with Crippen molar-refractivity contribution in [2.75, 3.05) is 18.4 Å². The highest BCUT2D eigenvalue weighted by Crippen LogP contribution is 2.49. The van der Waals surface area contributed by atoms with Crippen LogP contribution in [0.2, 0.25) is 0 Å². The molecule has 0 radical (unpaired) electrons. The topological polar surface area (TPSA) is 18.5 Å². The summed E-state index contributed by atoms with van der Waals surface area (Å²) in [6, 6.07) is 4.34. The van der Waals surface area contributed by atoms with Gasteiger partial charge in [-0.25, -0.2) is 0 Å². The van der Waals surface area contributed by atoms with Crippen LogP contribution in [0.3, 0.4) is 0 Å². The molecule has 1 atom stereocenters. The predicted octanol–water partition coefficient (Wildman–Crippen LogP) is 3.94. The number of benzene rings is 1. The summed E-state index contributed by atoms with van der Waals surface area (Å²) in [6.07, 6.45) is 3.29. The van der Waals surface area contributed by atoms with Crippen LogP contribution in [-0.4, -0.2) is 18.4 Å². The van der Waals surface area contributed by atoms with Crippen molar-refractivity contribution in [1.29, 1.82) is 0 Å². The smallest absolute Gasteiger partial charge is 0.231 e. The van der Waals surface area contributed by atoms with Gasteiger partial charge >= 0.3 is 0 Å². The lowest BCUT2D eigenvalue weighted by molar-refractivity contribution is 0.174. The molecule has 1 aromatic carbocycles. The number of halogens is 1. The minimum Gasteiger partial charge on any atom is -0.454 e. The van der Waals surface area contributed by atoms with Crippen molar-refractivity contribution in [3.63, 3.8) is 0 Å². The first-order chi connectivity index (χ1) is 8.73. The molecule has 18 heavy (non-hydrogen) atoms. The molecular weight excluding hydrogens is 268 g/mol. The van der Waals surface area contributed by atoms with Gasteiger partial charge in [0.1, 0.15) is 0 Å². The maximum Gasteiger partial charge on any atom is 0.231 e. The van der Waals surface area contributed by atoms with E-state index in [1.165, 1.54) is 16.9 Å². The Hall–Kier alpha value is -0.540. The van der Waals surface area contributed by atoms with Crippen molar-refractivity contribution in [3.8, 4) is 11.5 Å². The molecule has 0 saturated carbocycles. The van der Waals surface area contributed by atoms with Gasteiger partial charge in [0.15, 0.2) is 11.5 Å². The van der Waals surface area contributed by atoms with E-state index >= 15 is 0 Å². The highest BCUT2D eigenvalue weighted by Gasteiger charge is 2.34. The molecule has 1 unspecified atom stereocenters. The molecule has 4 heteroatoms. The quantitative estimate of drug-likeness (QED) is 0.784. The van der Waals surface area contributed by atoms with E-state index < -0.39 is 0 Å². The van der Waals surface area contributed by atoms with Crippen LogP contribution in [0.25, 0.3) is 0 Å². The average molecular weight is 285 g/mol. The fraction of sp³-hybridized carbons (Fsp3) is 0.571. The molecule has 0 N–H and O–H groups in total. The molecule has 0 spiro atoms. The highest BCUT2D eigenvalue weighted by atomic mass is 35.5. The van der Waals surface area contributed by atoms with Crippen molar-refractivity contribution >= 4 is 23.4 Å². The number of fused-ring (bicyclic) bond motifs is 2. The minimum absolute atomic E-state index is 0.170. The van der Waals surface area contributed by atoms with Crippen LogP contribution >= 0.6 is 23.4 Å². The summed E-state index contributed by atoms with van der Waals surface area (Å²) in [7, 11) is 0. The van der Waals surface area contributed by atoms with Gasteiger partial charge in [0.2, 0.25) is 6.79 Å². The Morgan fingerprint density at radius 3 is 2.89 bits per heavy atom. The van der Waals surface area contributed by atoms with Crippen molar-refractivity contribution in [2.45, 2.75) is 30.9 Å². The Balaban J connectivity index is 1.99. The number of aryl methyl sites for hydroxylation is 1. The molecule has 0 aliphatic carbocycles. The van der Waals surface area contributed by atoms with Crippen LogP contribution in [0.4, 0.5) is 0 Å². The standard InChI is InChI=1S/C14H17ClO2S/c1-14(4-2-5-15)11-8-13-12(16-9-17-13)7-10(11)3-6-18-14/h7-8H,2-6,9H2,1H3. The number of hydrogen-bond donors (Lipinski definition) is 0. The monoisotopic (exact) mass is 284 g/mol. The molecule has 1 aromatic rings. The Morgan fingerprint density at radius 2 is 2.11 bits per heavy atom. The van der Waals surface area contributed by atoms with Crippen molar-refractivity contribution in [2.24, 2.45) is 0 Å². The molecule has 0 amide bonds. The molecule has 3 rings (SSSR count). The third-order valence-electron chi connectivity index (χ3n) is 3.75. The predicted molar refractivity (Wildman–Crippen MR) is 76.0 cm³/mol. The van der Waals surface area contributed by atoms with Crippen molar-refractivity contribution in [3.05, 3.63) is 23.3 Å². The third kappa shape index (κ3) is 2.08. The van der Waals surface area contributed by atoms with E-state index in [2.05, 4.69) is 19.1 Å². The van der Waals surface area contributed by atoms with Crippen LogP contribution in [0.5, 0.6) is 11.5 Å². The van der Waals surface area contributed by atoms with Crippen LogP contribution < -0.4 is 9.47 Å². The van der Waals surface area contributed by atoms with E-state index in [-0.39, 0.29) is 4.75 Å². The Morgan fingerprint density at radius 1 is 1.33 bits per heavy atom. The van der Waals surface area contributed by atoms with Gasteiger partial charge in [-0.1, -0.05) is 0 Å². The Labute approximate surface area is 117 Å². The number of ether oxygens (including phenoxy) is 2. The van der Waals surface area contributed by atoms with Crippen LogP contribution in [-0.2, 0) is 11.2 Å². The first-order valence-electron chi connectivity index (χ1n) is 6.36. The van der Waals surface area contributed by atoms with Gasteiger partial charge < -0.3 is 9.47 Å². The minimum atomic E-state index is 0.170. The molecule has 98 valence electrons. The summed E-state index contributed by atoms with van der Waals surface area (Å²) in [5.41, 5.74) is 2.82. The number of rotatable bonds is 3. The van der Waals surface area contributed by atoms with E-state index in [0.29, 0.717) is 6.79 Å². The lowest BCUT2D eigenvalue weighted by Crippen LogP contribution is -2.25. The SMILES string of the molecule is CC1(CCCCl)SCCc2cc3c(cc21)OCO3. The van der Waals surface area contributed by atoms with Gasteiger partial charge in [-0.05, 0) is 55.2 Å². The first-order valence-corrected chi connectivity index (χ1v) is 7.88. The van der Waals surface area contributed by atoms with Gasteiger partial charge in [0.25, 0.3) is 0 Å². The van der Waals surface area contributed by atoms with Crippen LogP contribution in [0.1, 0.15) is 30.9 Å². The fourth-order valence-corrected chi connectivity index (χ4v) is 4.30. The maximum atomic E-state index is 5.85. The van der Waals surface area contributed by atoms with E-state index in [4.69, 9.17) is 21.1 Å². The van der Waals surface area contributed by atoms with Crippen molar-refractivity contribution < 1.29 is 9.47 Å².